The molecule has 0 saturated carbocycles. The third-order valence-corrected chi connectivity index (χ3v) is 5.12. The molecule has 7 heteroatoms. The highest BCUT2D eigenvalue weighted by Gasteiger charge is 2.25. The van der Waals surface area contributed by atoms with Crippen molar-refractivity contribution in [3.05, 3.63) is 48.3 Å². The summed E-state index contributed by atoms with van der Waals surface area (Å²) in [5.41, 5.74) is 0.966. The van der Waals surface area contributed by atoms with Crippen molar-refractivity contribution < 1.29 is 8.42 Å². The smallest absolute Gasteiger partial charge is 0.246 e. The molecule has 120 valence electrons. The molecular weight excluding hydrogens is 300 g/mol. The molecule has 1 aromatic heterocycles. The van der Waals surface area contributed by atoms with Crippen LogP contribution in [0.2, 0.25) is 0 Å². The first kappa shape index (κ1) is 16.7. The summed E-state index contributed by atoms with van der Waals surface area (Å²) in [4.78, 5) is 2.20. The number of hydrogen-bond donors (Lipinski definition) is 0. The highest BCUT2D eigenvalue weighted by atomic mass is 32.2. The van der Waals surface area contributed by atoms with Gasteiger partial charge >= 0.3 is 0 Å². The van der Waals surface area contributed by atoms with Gasteiger partial charge in [-0.3, -0.25) is 4.68 Å². The molecule has 0 saturated heterocycles. The predicted octanol–water partition coefficient (Wildman–Crippen LogP) is 1.17. The number of likely N-dealkylation sites (N-methyl/N-ethyl adjacent to an activating group) is 1. The lowest BCUT2D eigenvalue weighted by molar-refractivity contribution is 0.329. The number of sulfonamides is 1. The molecule has 6 nitrogen and oxygen atoms in total. The van der Waals surface area contributed by atoms with E-state index in [1.54, 1.807) is 7.05 Å². The zero-order valence-corrected chi connectivity index (χ0v) is 14.0. The second-order valence-electron chi connectivity index (χ2n) is 5.48. The molecule has 22 heavy (non-hydrogen) atoms. The Labute approximate surface area is 132 Å². The van der Waals surface area contributed by atoms with Crippen molar-refractivity contribution in [2.75, 3.05) is 27.2 Å². The first-order valence-electron chi connectivity index (χ1n) is 7.07. The lowest BCUT2D eigenvalue weighted by Gasteiger charge is -2.23. The number of nitrogens with zero attached hydrogens (tertiary/aromatic N) is 4. The summed E-state index contributed by atoms with van der Waals surface area (Å²) in [6, 6.07) is 9.61. The summed E-state index contributed by atoms with van der Waals surface area (Å²) >= 11 is 0. The molecular formula is C15H22N4O2S. The van der Waals surface area contributed by atoms with Crippen LogP contribution in [0.1, 0.15) is 5.56 Å². The first-order chi connectivity index (χ1) is 10.4. The molecule has 0 atom stereocenters. The molecule has 0 amide bonds. The van der Waals surface area contributed by atoms with Crippen molar-refractivity contribution in [1.82, 2.24) is 19.0 Å². The van der Waals surface area contributed by atoms with E-state index in [0.29, 0.717) is 19.6 Å². The van der Waals surface area contributed by atoms with E-state index in [2.05, 4.69) is 5.10 Å². The minimum atomic E-state index is -3.55. The number of benzene rings is 1. The van der Waals surface area contributed by atoms with Crippen molar-refractivity contribution in [2.24, 2.45) is 7.05 Å². The Bertz CT molecular complexity index is 695. The molecule has 0 radical (unpaired) electrons. The quantitative estimate of drug-likeness (QED) is 0.768. The van der Waals surface area contributed by atoms with E-state index in [0.717, 1.165) is 5.56 Å². The Morgan fingerprint density at radius 2 is 1.82 bits per heavy atom. The van der Waals surface area contributed by atoms with Crippen LogP contribution in [-0.4, -0.2) is 54.6 Å². The van der Waals surface area contributed by atoms with E-state index in [4.69, 9.17) is 0 Å². The zero-order valence-electron chi connectivity index (χ0n) is 13.2. The van der Waals surface area contributed by atoms with E-state index in [1.165, 1.54) is 21.4 Å². The lowest BCUT2D eigenvalue weighted by Crippen LogP contribution is -2.36. The van der Waals surface area contributed by atoms with Crippen molar-refractivity contribution in [2.45, 2.75) is 11.4 Å². The van der Waals surface area contributed by atoms with E-state index < -0.39 is 10.0 Å². The normalized spacial score (nSPS) is 12.2. The van der Waals surface area contributed by atoms with Gasteiger partial charge in [-0.1, -0.05) is 30.3 Å². The monoisotopic (exact) mass is 322 g/mol. The van der Waals surface area contributed by atoms with Crippen LogP contribution in [0.25, 0.3) is 0 Å². The van der Waals surface area contributed by atoms with Crippen molar-refractivity contribution in [3.8, 4) is 0 Å². The maximum absolute atomic E-state index is 12.8. The van der Waals surface area contributed by atoms with E-state index in [9.17, 15) is 8.42 Å². The molecule has 0 N–H and O–H groups in total. The average Bonchev–Trinajstić information content (AvgIpc) is 2.91. The Morgan fingerprint density at radius 3 is 2.36 bits per heavy atom. The number of rotatable bonds is 7. The van der Waals surface area contributed by atoms with Crippen LogP contribution in [-0.2, 0) is 23.6 Å². The third-order valence-electron chi connectivity index (χ3n) is 3.32. The van der Waals surface area contributed by atoms with E-state index in [1.807, 2.05) is 49.3 Å². The van der Waals surface area contributed by atoms with E-state index >= 15 is 0 Å². The maximum atomic E-state index is 12.8. The fraction of sp³-hybridized carbons (Fsp3) is 0.400. The number of aryl methyl sites for hydroxylation is 1. The van der Waals surface area contributed by atoms with Crippen LogP contribution in [0.4, 0.5) is 0 Å². The van der Waals surface area contributed by atoms with Gasteiger partial charge in [0.25, 0.3) is 0 Å². The van der Waals surface area contributed by atoms with Crippen LogP contribution >= 0.6 is 0 Å². The van der Waals surface area contributed by atoms with Gasteiger partial charge in [-0.15, -0.1) is 0 Å². The van der Waals surface area contributed by atoms with Crippen LogP contribution in [0.3, 0.4) is 0 Å². The molecule has 1 aromatic carbocycles. The van der Waals surface area contributed by atoms with Gasteiger partial charge < -0.3 is 4.90 Å². The minimum Gasteiger partial charge on any atom is -0.308 e. The third kappa shape index (κ3) is 4.16. The molecule has 0 bridgehead atoms. The summed E-state index contributed by atoms with van der Waals surface area (Å²) in [5, 5.41) is 3.97. The fourth-order valence-corrected chi connectivity index (χ4v) is 3.47. The largest absolute Gasteiger partial charge is 0.308 e. The molecule has 2 rings (SSSR count). The second kappa shape index (κ2) is 7.04. The lowest BCUT2D eigenvalue weighted by atomic mass is 10.2. The minimum absolute atomic E-state index is 0.227. The van der Waals surface area contributed by atoms with Crippen molar-refractivity contribution >= 4 is 10.0 Å². The SMILES string of the molecule is CN(C)CCN(Cc1ccccc1)S(=O)(=O)c1cnn(C)c1. The summed E-state index contributed by atoms with van der Waals surface area (Å²) < 4.78 is 28.6. The molecule has 0 aliphatic heterocycles. The molecule has 0 unspecified atom stereocenters. The van der Waals surface area contributed by atoms with Gasteiger partial charge in [0.05, 0.1) is 6.20 Å². The topological polar surface area (TPSA) is 58.4 Å². The zero-order chi connectivity index (χ0) is 16.2. The molecule has 0 fully saturated rings. The van der Waals surface area contributed by atoms with Gasteiger partial charge in [0.1, 0.15) is 4.90 Å². The first-order valence-corrected chi connectivity index (χ1v) is 8.51. The predicted molar refractivity (Wildman–Crippen MR) is 85.8 cm³/mol. The van der Waals surface area contributed by atoms with Crippen molar-refractivity contribution in [1.29, 1.82) is 0 Å². The molecule has 1 heterocycles. The van der Waals surface area contributed by atoms with E-state index in [-0.39, 0.29) is 4.90 Å². The Hall–Kier alpha value is -1.70. The molecule has 0 spiro atoms. The Morgan fingerprint density at radius 1 is 1.14 bits per heavy atom. The summed E-state index contributed by atoms with van der Waals surface area (Å²) in [6.45, 7) is 1.44. The van der Waals surface area contributed by atoms with Gasteiger partial charge in [0.15, 0.2) is 0 Å². The van der Waals surface area contributed by atoms with Crippen LogP contribution < -0.4 is 0 Å². The molecule has 2 aromatic rings. The maximum Gasteiger partial charge on any atom is 0.246 e. The highest BCUT2D eigenvalue weighted by Crippen LogP contribution is 2.17. The number of aromatic nitrogens is 2. The Kier molecular flexibility index (Phi) is 5.33. The highest BCUT2D eigenvalue weighted by molar-refractivity contribution is 7.89. The summed E-state index contributed by atoms with van der Waals surface area (Å²) in [5.74, 6) is 0. The van der Waals surface area contributed by atoms with Gasteiger partial charge in [0.2, 0.25) is 10.0 Å². The molecule has 0 aliphatic rings. The number of hydrogen-bond acceptors (Lipinski definition) is 4. The average molecular weight is 322 g/mol. The molecule has 0 aliphatic carbocycles. The summed E-state index contributed by atoms with van der Waals surface area (Å²) in [7, 11) is 2.01. The summed E-state index contributed by atoms with van der Waals surface area (Å²) in [6.07, 6.45) is 2.92. The fourth-order valence-electron chi connectivity index (χ4n) is 2.06. The van der Waals surface area contributed by atoms with Crippen LogP contribution in [0, 0.1) is 0 Å². The van der Waals surface area contributed by atoms with Crippen LogP contribution in [0.5, 0.6) is 0 Å². The van der Waals surface area contributed by atoms with Gasteiger partial charge in [-0.2, -0.15) is 9.40 Å². The second-order valence-corrected chi connectivity index (χ2v) is 7.42. The van der Waals surface area contributed by atoms with Gasteiger partial charge in [-0.05, 0) is 19.7 Å². The van der Waals surface area contributed by atoms with Gasteiger partial charge in [0, 0.05) is 32.9 Å². The Balaban J connectivity index is 2.26. The van der Waals surface area contributed by atoms with Crippen molar-refractivity contribution in [3.63, 3.8) is 0 Å². The van der Waals surface area contributed by atoms with Crippen LogP contribution in [0.15, 0.2) is 47.6 Å². The standard InChI is InChI=1S/C15H22N4O2S/c1-17(2)9-10-19(12-14-7-5-4-6-8-14)22(20,21)15-11-16-18(3)13-15/h4-8,11,13H,9-10,12H2,1-3H3. The van der Waals surface area contributed by atoms with Gasteiger partial charge in [-0.25, -0.2) is 8.42 Å².